The van der Waals surface area contributed by atoms with Gasteiger partial charge in [-0.3, -0.25) is 9.89 Å². The van der Waals surface area contributed by atoms with Crippen LogP contribution < -0.4 is 10.6 Å². The summed E-state index contributed by atoms with van der Waals surface area (Å²) < 4.78 is 5.52. The van der Waals surface area contributed by atoms with E-state index >= 15 is 0 Å². The Bertz CT molecular complexity index is 525. The molecule has 1 aromatic heterocycles. The van der Waals surface area contributed by atoms with Crippen LogP contribution in [-0.2, 0) is 11.2 Å². The third kappa shape index (κ3) is 7.76. The molecule has 25 heavy (non-hydrogen) atoms. The molecule has 1 fully saturated rings. The summed E-state index contributed by atoms with van der Waals surface area (Å²) in [6.07, 6.45) is 2.86. The van der Waals surface area contributed by atoms with Gasteiger partial charge in [0.05, 0.1) is 24.8 Å². The van der Waals surface area contributed by atoms with Gasteiger partial charge < -0.3 is 15.4 Å². The molecule has 1 saturated heterocycles. The summed E-state index contributed by atoms with van der Waals surface area (Å²) in [4.78, 5) is 12.9. The second-order valence-corrected chi connectivity index (χ2v) is 7.59. The van der Waals surface area contributed by atoms with Gasteiger partial charge in [0, 0.05) is 49.2 Å². The average molecular weight is 481 g/mol. The highest BCUT2D eigenvalue weighted by Gasteiger charge is 2.23. The first-order valence-corrected chi connectivity index (χ1v) is 9.68. The van der Waals surface area contributed by atoms with E-state index in [0.717, 1.165) is 51.8 Å². The third-order valence-corrected chi connectivity index (χ3v) is 5.12. The molecular weight excluding hydrogens is 449 g/mol. The summed E-state index contributed by atoms with van der Waals surface area (Å²) in [7, 11) is 0. The van der Waals surface area contributed by atoms with Crippen molar-refractivity contribution in [3.63, 3.8) is 0 Å². The third-order valence-electron chi connectivity index (χ3n) is 4.14. The summed E-state index contributed by atoms with van der Waals surface area (Å²) in [6.45, 7) is 13.8. The molecule has 2 heterocycles. The summed E-state index contributed by atoms with van der Waals surface area (Å²) in [5.74, 6) is 0.888. The largest absolute Gasteiger partial charge is 0.379 e. The fraction of sp³-hybridized carbons (Fsp3) is 0.765. The van der Waals surface area contributed by atoms with Crippen molar-refractivity contribution in [2.75, 3.05) is 39.4 Å². The van der Waals surface area contributed by atoms with Gasteiger partial charge in [0.15, 0.2) is 5.96 Å². The Morgan fingerprint density at radius 3 is 2.96 bits per heavy atom. The topological polar surface area (TPSA) is 61.8 Å². The molecular formula is C17H32IN5OS. The summed E-state index contributed by atoms with van der Waals surface area (Å²) in [5, 5.41) is 7.91. The Kier molecular flexibility index (Phi) is 10.9. The van der Waals surface area contributed by atoms with Crippen LogP contribution in [0, 0.1) is 6.92 Å². The highest BCUT2D eigenvalue weighted by molar-refractivity contribution is 14.0. The number of aryl methyl sites for hydroxylation is 1. The molecule has 1 aromatic rings. The number of nitrogens with zero attached hydrogens (tertiary/aromatic N) is 3. The summed E-state index contributed by atoms with van der Waals surface area (Å²) in [6, 6.07) is 0.883. The number of thiazole rings is 1. The van der Waals surface area contributed by atoms with E-state index in [1.807, 2.05) is 6.20 Å². The lowest BCUT2D eigenvalue weighted by Crippen LogP contribution is -2.49. The standard InChI is InChI=1S/C17H31N5OS.HI/c1-5-18-17(19-7-6-16-20-11-15(4)24-16)21-10-13(2)22-8-9-23-12-14(22)3;/h11,13-14H,5-10,12H2,1-4H3,(H2,18,19,21);1H. The van der Waals surface area contributed by atoms with Gasteiger partial charge in [-0.25, -0.2) is 4.98 Å². The van der Waals surface area contributed by atoms with Gasteiger partial charge in [0.25, 0.3) is 0 Å². The van der Waals surface area contributed by atoms with Crippen LogP contribution in [0.1, 0.15) is 30.7 Å². The first-order chi connectivity index (χ1) is 11.6. The Morgan fingerprint density at radius 1 is 1.52 bits per heavy atom. The van der Waals surface area contributed by atoms with Gasteiger partial charge >= 0.3 is 0 Å². The minimum atomic E-state index is 0. The van der Waals surface area contributed by atoms with E-state index in [4.69, 9.17) is 9.73 Å². The van der Waals surface area contributed by atoms with Crippen LogP contribution >= 0.6 is 35.3 Å². The maximum absolute atomic E-state index is 5.52. The highest BCUT2D eigenvalue weighted by atomic mass is 127. The lowest BCUT2D eigenvalue weighted by atomic mass is 10.2. The van der Waals surface area contributed by atoms with Crippen molar-refractivity contribution in [2.45, 2.75) is 46.2 Å². The number of rotatable bonds is 7. The Labute approximate surface area is 172 Å². The number of morpholine rings is 1. The molecule has 144 valence electrons. The van der Waals surface area contributed by atoms with Gasteiger partial charge in [-0.15, -0.1) is 35.3 Å². The van der Waals surface area contributed by atoms with E-state index in [2.05, 4.69) is 48.2 Å². The minimum Gasteiger partial charge on any atom is -0.379 e. The highest BCUT2D eigenvalue weighted by Crippen LogP contribution is 2.12. The monoisotopic (exact) mass is 481 g/mol. The molecule has 6 nitrogen and oxygen atoms in total. The molecule has 1 aliphatic rings. The van der Waals surface area contributed by atoms with Crippen molar-refractivity contribution in [3.8, 4) is 0 Å². The minimum absolute atomic E-state index is 0. The zero-order chi connectivity index (χ0) is 17.4. The first kappa shape index (κ1) is 22.6. The van der Waals surface area contributed by atoms with Crippen molar-refractivity contribution in [1.29, 1.82) is 0 Å². The van der Waals surface area contributed by atoms with Gasteiger partial charge in [-0.1, -0.05) is 0 Å². The van der Waals surface area contributed by atoms with Crippen LogP contribution in [0.3, 0.4) is 0 Å². The molecule has 0 radical (unpaired) electrons. The van der Waals surface area contributed by atoms with Crippen LogP contribution in [0.5, 0.6) is 0 Å². The van der Waals surface area contributed by atoms with Crippen molar-refractivity contribution in [1.82, 2.24) is 20.5 Å². The summed E-state index contributed by atoms with van der Waals surface area (Å²) in [5.41, 5.74) is 0. The fourth-order valence-electron chi connectivity index (χ4n) is 2.87. The smallest absolute Gasteiger partial charge is 0.191 e. The Hall–Kier alpha value is -0.450. The zero-order valence-corrected chi connectivity index (χ0v) is 18.9. The number of guanidine groups is 1. The van der Waals surface area contributed by atoms with Gasteiger partial charge in [-0.2, -0.15) is 0 Å². The predicted octanol–water partition coefficient (Wildman–Crippen LogP) is 2.28. The van der Waals surface area contributed by atoms with Crippen LogP contribution in [0.25, 0.3) is 0 Å². The maximum Gasteiger partial charge on any atom is 0.191 e. The first-order valence-electron chi connectivity index (χ1n) is 8.87. The van der Waals surface area contributed by atoms with Crippen molar-refractivity contribution >= 4 is 41.3 Å². The average Bonchev–Trinajstić information content (AvgIpc) is 2.98. The van der Waals surface area contributed by atoms with E-state index in [1.165, 1.54) is 9.88 Å². The quantitative estimate of drug-likeness (QED) is 0.356. The molecule has 2 N–H and O–H groups in total. The SMILES string of the molecule is CCNC(=NCC(C)N1CCOCC1C)NCCc1ncc(C)s1.I. The molecule has 0 bridgehead atoms. The van der Waals surface area contributed by atoms with Crippen LogP contribution in [0.2, 0.25) is 0 Å². The number of hydrogen-bond acceptors (Lipinski definition) is 5. The van der Waals surface area contributed by atoms with Crippen LogP contribution in [0.15, 0.2) is 11.2 Å². The van der Waals surface area contributed by atoms with E-state index in [9.17, 15) is 0 Å². The Balaban J connectivity index is 0.00000312. The number of hydrogen-bond donors (Lipinski definition) is 2. The molecule has 0 amide bonds. The zero-order valence-electron chi connectivity index (χ0n) is 15.7. The number of nitrogens with one attached hydrogen (secondary N) is 2. The fourth-order valence-corrected chi connectivity index (χ4v) is 3.66. The van der Waals surface area contributed by atoms with Crippen molar-refractivity contribution in [3.05, 3.63) is 16.1 Å². The van der Waals surface area contributed by atoms with Crippen LogP contribution in [-0.4, -0.2) is 67.3 Å². The number of aromatic nitrogens is 1. The lowest BCUT2D eigenvalue weighted by Gasteiger charge is -2.37. The van der Waals surface area contributed by atoms with Gasteiger partial charge in [0.1, 0.15) is 0 Å². The predicted molar refractivity (Wildman–Crippen MR) is 116 cm³/mol. The summed E-state index contributed by atoms with van der Waals surface area (Å²) >= 11 is 1.76. The molecule has 0 saturated carbocycles. The Morgan fingerprint density at radius 2 is 2.32 bits per heavy atom. The second kappa shape index (κ2) is 12.0. The van der Waals surface area contributed by atoms with Crippen molar-refractivity contribution < 1.29 is 4.74 Å². The van der Waals surface area contributed by atoms with E-state index in [1.54, 1.807) is 11.3 Å². The molecule has 2 unspecified atom stereocenters. The molecule has 2 rings (SSSR count). The molecule has 8 heteroatoms. The number of halogens is 1. The van der Waals surface area contributed by atoms with Gasteiger partial charge in [0.2, 0.25) is 0 Å². The molecule has 0 aliphatic carbocycles. The molecule has 2 atom stereocenters. The van der Waals surface area contributed by atoms with E-state index in [-0.39, 0.29) is 24.0 Å². The maximum atomic E-state index is 5.52. The van der Waals surface area contributed by atoms with E-state index < -0.39 is 0 Å². The second-order valence-electron chi connectivity index (χ2n) is 6.27. The normalized spacial score (nSPS) is 20.0. The lowest BCUT2D eigenvalue weighted by molar-refractivity contribution is -0.0165. The van der Waals surface area contributed by atoms with Gasteiger partial charge in [-0.05, 0) is 27.7 Å². The molecule has 1 aliphatic heterocycles. The van der Waals surface area contributed by atoms with Crippen LogP contribution in [0.4, 0.5) is 0 Å². The van der Waals surface area contributed by atoms with Crippen molar-refractivity contribution in [2.24, 2.45) is 4.99 Å². The number of ether oxygens (including phenoxy) is 1. The molecule has 0 aromatic carbocycles. The number of aliphatic imine (C=N–C) groups is 1. The van der Waals surface area contributed by atoms with E-state index in [0.29, 0.717) is 12.1 Å². The molecule has 0 spiro atoms.